The minimum Gasteiger partial charge on any atom is -0.495 e. The van der Waals surface area contributed by atoms with Gasteiger partial charge in [-0.15, -0.1) is 0 Å². The first kappa shape index (κ1) is 18.6. The molecule has 128 valence electrons. The fourth-order valence-corrected chi connectivity index (χ4v) is 4.07. The maximum absolute atomic E-state index is 12.2. The van der Waals surface area contributed by atoms with Crippen molar-refractivity contribution in [3.8, 4) is 5.75 Å². The van der Waals surface area contributed by atoms with E-state index in [0.29, 0.717) is 16.5 Å². The Morgan fingerprint density at radius 1 is 1.12 bits per heavy atom. The van der Waals surface area contributed by atoms with Gasteiger partial charge in [-0.25, -0.2) is 8.42 Å². The minimum absolute atomic E-state index is 0.0203. The van der Waals surface area contributed by atoms with Gasteiger partial charge < -0.3 is 10.1 Å². The Balaban J connectivity index is 2.01. The Morgan fingerprint density at radius 2 is 1.83 bits per heavy atom. The van der Waals surface area contributed by atoms with Crippen LogP contribution >= 0.6 is 23.2 Å². The van der Waals surface area contributed by atoms with Crippen LogP contribution in [-0.2, 0) is 14.6 Å². The molecule has 0 saturated heterocycles. The van der Waals surface area contributed by atoms with Crippen molar-refractivity contribution in [1.82, 2.24) is 0 Å². The molecule has 2 aromatic rings. The summed E-state index contributed by atoms with van der Waals surface area (Å²) in [5.41, 5.74) is 0.459. The van der Waals surface area contributed by atoms with Crippen LogP contribution in [0.25, 0.3) is 0 Å². The molecule has 0 radical (unpaired) electrons. The molecule has 2 aromatic carbocycles. The summed E-state index contributed by atoms with van der Waals surface area (Å²) in [4.78, 5) is 12.0. The summed E-state index contributed by atoms with van der Waals surface area (Å²) in [6.07, 6.45) is -0.197. The van der Waals surface area contributed by atoms with Crippen molar-refractivity contribution in [3.05, 3.63) is 52.5 Å². The molecule has 2 rings (SSSR count). The van der Waals surface area contributed by atoms with E-state index in [0.717, 1.165) is 0 Å². The van der Waals surface area contributed by atoms with E-state index in [1.54, 1.807) is 24.3 Å². The summed E-state index contributed by atoms with van der Waals surface area (Å²) in [7, 11) is -2.15. The second-order valence-corrected chi connectivity index (χ2v) is 7.79. The number of sulfone groups is 1. The van der Waals surface area contributed by atoms with Crippen LogP contribution in [0.1, 0.15) is 6.42 Å². The monoisotopic (exact) mass is 387 g/mol. The van der Waals surface area contributed by atoms with E-state index in [-0.39, 0.29) is 22.1 Å². The molecule has 5 nitrogen and oxygen atoms in total. The van der Waals surface area contributed by atoms with Crippen molar-refractivity contribution < 1.29 is 17.9 Å². The van der Waals surface area contributed by atoms with Crippen LogP contribution in [0.3, 0.4) is 0 Å². The zero-order valence-corrected chi connectivity index (χ0v) is 15.1. The second-order valence-electron chi connectivity index (χ2n) is 4.90. The number of carbonyl (C=O) groups is 1. The number of ether oxygens (including phenoxy) is 1. The molecular formula is C16H15Cl2NO4S. The summed E-state index contributed by atoms with van der Waals surface area (Å²) in [6, 6.07) is 10.9. The van der Waals surface area contributed by atoms with E-state index in [1.807, 2.05) is 0 Å². The smallest absolute Gasteiger partial charge is 0.225 e. The van der Waals surface area contributed by atoms with E-state index in [4.69, 9.17) is 27.9 Å². The molecule has 0 bridgehead atoms. The lowest BCUT2D eigenvalue weighted by Crippen LogP contribution is -2.17. The van der Waals surface area contributed by atoms with E-state index in [1.165, 1.54) is 25.3 Å². The molecule has 1 N–H and O–H groups in total. The first-order valence-corrected chi connectivity index (χ1v) is 9.35. The van der Waals surface area contributed by atoms with Crippen LogP contribution in [0.2, 0.25) is 10.0 Å². The van der Waals surface area contributed by atoms with Gasteiger partial charge in [-0.3, -0.25) is 4.79 Å². The third kappa shape index (κ3) is 4.63. The normalized spacial score (nSPS) is 11.1. The Labute approximate surface area is 150 Å². The Morgan fingerprint density at radius 3 is 2.46 bits per heavy atom. The number of benzene rings is 2. The fourth-order valence-electron chi connectivity index (χ4n) is 2.00. The van der Waals surface area contributed by atoms with Crippen molar-refractivity contribution >= 4 is 44.6 Å². The van der Waals surface area contributed by atoms with Gasteiger partial charge in [-0.2, -0.15) is 0 Å². The number of anilines is 1. The van der Waals surface area contributed by atoms with Gasteiger partial charge in [-0.05, 0) is 30.3 Å². The Hall–Kier alpha value is -1.76. The predicted molar refractivity (Wildman–Crippen MR) is 94.8 cm³/mol. The fraction of sp³-hybridized carbons (Fsp3) is 0.188. The molecule has 0 fully saturated rings. The Bertz CT molecular complexity index is 853. The Kier molecular flexibility index (Phi) is 6.10. The molecule has 0 spiro atoms. The van der Waals surface area contributed by atoms with Crippen molar-refractivity contribution in [2.75, 3.05) is 18.2 Å². The van der Waals surface area contributed by atoms with Gasteiger partial charge in [0.05, 0.1) is 27.8 Å². The molecule has 1 amide bonds. The van der Waals surface area contributed by atoms with Crippen molar-refractivity contribution in [2.24, 2.45) is 0 Å². The zero-order valence-electron chi connectivity index (χ0n) is 12.8. The molecule has 24 heavy (non-hydrogen) atoms. The SMILES string of the molecule is COc1ccc(NC(=O)CCS(=O)(=O)c2ccccc2Cl)cc1Cl. The van der Waals surface area contributed by atoms with Crippen LogP contribution < -0.4 is 10.1 Å². The molecule has 0 heterocycles. The summed E-state index contributed by atoms with van der Waals surface area (Å²) in [5, 5.41) is 3.08. The predicted octanol–water partition coefficient (Wildman–Crippen LogP) is 3.80. The maximum Gasteiger partial charge on any atom is 0.225 e. The summed E-state index contributed by atoms with van der Waals surface area (Å²) in [5.74, 6) is -0.297. The largest absolute Gasteiger partial charge is 0.495 e. The molecular weight excluding hydrogens is 373 g/mol. The van der Waals surface area contributed by atoms with Gasteiger partial charge in [0.2, 0.25) is 5.91 Å². The minimum atomic E-state index is -3.64. The van der Waals surface area contributed by atoms with Crippen molar-refractivity contribution in [3.63, 3.8) is 0 Å². The van der Waals surface area contributed by atoms with E-state index in [2.05, 4.69) is 5.32 Å². The van der Waals surface area contributed by atoms with E-state index >= 15 is 0 Å². The lowest BCUT2D eigenvalue weighted by Gasteiger charge is -2.09. The molecule has 0 aliphatic rings. The molecule has 0 unspecified atom stereocenters. The van der Waals surface area contributed by atoms with Gasteiger partial charge in [0.25, 0.3) is 0 Å². The third-order valence-electron chi connectivity index (χ3n) is 3.21. The number of rotatable bonds is 6. The molecule has 8 heteroatoms. The van der Waals surface area contributed by atoms with Crippen LogP contribution in [0.5, 0.6) is 5.75 Å². The average Bonchev–Trinajstić information content (AvgIpc) is 2.53. The third-order valence-corrected chi connectivity index (χ3v) is 5.71. The number of nitrogens with one attached hydrogen (secondary N) is 1. The number of hydrogen-bond acceptors (Lipinski definition) is 4. The highest BCUT2D eigenvalue weighted by molar-refractivity contribution is 7.91. The topological polar surface area (TPSA) is 72.5 Å². The average molecular weight is 388 g/mol. The number of hydrogen-bond donors (Lipinski definition) is 1. The maximum atomic E-state index is 12.2. The first-order valence-electron chi connectivity index (χ1n) is 6.94. The van der Waals surface area contributed by atoms with Gasteiger partial charge in [0.15, 0.2) is 9.84 Å². The number of carbonyl (C=O) groups excluding carboxylic acids is 1. The number of halogens is 2. The van der Waals surface area contributed by atoms with Gasteiger partial charge >= 0.3 is 0 Å². The zero-order chi connectivity index (χ0) is 17.7. The van der Waals surface area contributed by atoms with Gasteiger partial charge in [0.1, 0.15) is 5.75 Å². The highest BCUT2D eigenvalue weighted by Crippen LogP contribution is 2.27. The highest BCUT2D eigenvalue weighted by atomic mass is 35.5. The molecule has 0 aliphatic carbocycles. The van der Waals surface area contributed by atoms with Crippen molar-refractivity contribution in [1.29, 1.82) is 0 Å². The summed E-state index contributed by atoms with van der Waals surface area (Å²) >= 11 is 11.9. The van der Waals surface area contributed by atoms with Gasteiger partial charge in [-0.1, -0.05) is 35.3 Å². The summed E-state index contributed by atoms with van der Waals surface area (Å²) in [6.45, 7) is 0. The van der Waals surface area contributed by atoms with Crippen LogP contribution in [0, 0.1) is 0 Å². The lowest BCUT2D eigenvalue weighted by molar-refractivity contribution is -0.115. The van der Waals surface area contributed by atoms with E-state index in [9.17, 15) is 13.2 Å². The molecule has 0 aliphatic heterocycles. The van der Waals surface area contributed by atoms with E-state index < -0.39 is 15.7 Å². The summed E-state index contributed by atoms with van der Waals surface area (Å²) < 4.78 is 29.5. The number of amides is 1. The highest BCUT2D eigenvalue weighted by Gasteiger charge is 2.19. The van der Waals surface area contributed by atoms with Crippen molar-refractivity contribution in [2.45, 2.75) is 11.3 Å². The van der Waals surface area contributed by atoms with Crippen LogP contribution in [0.15, 0.2) is 47.4 Å². The quantitative estimate of drug-likeness (QED) is 0.817. The standard InChI is InChI=1S/C16H15Cl2NO4S/c1-23-14-7-6-11(10-13(14)18)19-16(20)8-9-24(21,22)15-5-3-2-4-12(15)17/h2-7,10H,8-9H2,1H3,(H,19,20). The van der Waals surface area contributed by atoms with Crippen LogP contribution in [-0.4, -0.2) is 27.2 Å². The molecule has 0 atom stereocenters. The second kappa shape index (κ2) is 7.88. The van der Waals surface area contributed by atoms with Crippen LogP contribution in [0.4, 0.5) is 5.69 Å². The lowest BCUT2D eigenvalue weighted by atomic mass is 10.3. The number of methoxy groups -OCH3 is 1. The van der Waals surface area contributed by atoms with Gasteiger partial charge in [0, 0.05) is 12.1 Å². The molecule has 0 saturated carbocycles. The molecule has 0 aromatic heterocycles. The first-order chi connectivity index (χ1) is 11.3.